The molecule has 0 saturated carbocycles. The van der Waals surface area contributed by atoms with Crippen LogP contribution in [0.5, 0.6) is 0 Å². The molecule has 3 heteroatoms. The Kier molecular flexibility index (Phi) is 10.3. The molecule has 0 aromatic carbocycles. The van der Waals surface area contributed by atoms with Crippen LogP contribution in [0.4, 0.5) is 0 Å². The van der Waals surface area contributed by atoms with Crippen molar-refractivity contribution < 1.29 is 56.2 Å². The fourth-order valence-corrected chi connectivity index (χ4v) is 0. The third-order valence-electron chi connectivity index (χ3n) is 0.211. The van der Waals surface area contributed by atoms with E-state index in [-0.39, 0.29) is 51.4 Å². The Morgan fingerprint density at radius 2 is 1.67 bits per heavy atom. The first-order chi connectivity index (χ1) is 2.27. The molecule has 0 fully saturated rings. The van der Waals surface area contributed by atoms with Crippen LogP contribution in [0.2, 0.25) is 0 Å². The van der Waals surface area contributed by atoms with Crippen LogP contribution in [0.15, 0.2) is 0 Å². The van der Waals surface area contributed by atoms with Crippen molar-refractivity contribution in [2.75, 3.05) is 14.1 Å². The number of carbonyl (C=O) groups excluding carboxylic acids is 1. The zero-order valence-electron chi connectivity index (χ0n) is 4.43. The van der Waals surface area contributed by atoms with E-state index in [4.69, 9.17) is 0 Å². The molecule has 0 aromatic heterocycles. The molecule has 0 rings (SSSR count). The number of rotatable bonds is 1. The third-order valence-corrected chi connectivity index (χ3v) is 0.211. The maximum absolute atomic E-state index is 9.43. The number of nitrogens with zero attached hydrogens (tertiary/aromatic N) is 1. The smallest absolute Gasteiger partial charge is 0.351 e. The molecular weight excluding hydrogens is 105 g/mol. The van der Waals surface area contributed by atoms with E-state index < -0.39 is 0 Å². The molecule has 0 aliphatic carbocycles. The van der Waals surface area contributed by atoms with Crippen LogP contribution >= 0.6 is 0 Å². The van der Waals surface area contributed by atoms with E-state index in [2.05, 4.69) is 0 Å². The van der Waals surface area contributed by atoms with E-state index in [1.165, 1.54) is 4.90 Å². The Morgan fingerprint density at radius 1 is 1.50 bits per heavy atom. The molecule has 2 nitrogen and oxygen atoms in total. The SMILES string of the molecule is CN(C)C=O.[K+]. The molecule has 0 aromatic rings. The van der Waals surface area contributed by atoms with Gasteiger partial charge in [-0.1, -0.05) is 0 Å². The van der Waals surface area contributed by atoms with Gasteiger partial charge in [0.15, 0.2) is 0 Å². The van der Waals surface area contributed by atoms with Gasteiger partial charge in [-0.15, -0.1) is 0 Å². The fourth-order valence-electron chi connectivity index (χ4n) is 0. The molecule has 0 unspecified atom stereocenters. The monoisotopic (exact) mass is 112 g/mol. The summed E-state index contributed by atoms with van der Waals surface area (Å²) in [6.45, 7) is 0. The van der Waals surface area contributed by atoms with Gasteiger partial charge in [0, 0.05) is 14.1 Å². The quantitative estimate of drug-likeness (QED) is 0.257. The molecule has 0 spiro atoms. The van der Waals surface area contributed by atoms with Gasteiger partial charge in [0.05, 0.1) is 0 Å². The van der Waals surface area contributed by atoms with Gasteiger partial charge in [0.25, 0.3) is 0 Å². The second-order valence-electron chi connectivity index (χ2n) is 1.07. The maximum atomic E-state index is 9.43. The number of hydrogen-bond acceptors (Lipinski definition) is 1. The van der Waals surface area contributed by atoms with Crippen LogP contribution in [-0.2, 0) is 4.79 Å². The summed E-state index contributed by atoms with van der Waals surface area (Å²) in [5.41, 5.74) is 0. The van der Waals surface area contributed by atoms with Gasteiger partial charge in [0.1, 0.15) is 0 Å². The van der Waals surface area contributed by atoms with Crippen LogP contribution in [0.25, 0.3) is 0 Å². The van der Waals surface area contributed by atoms with Gasteiger partial charge in [0.2, 0.25) is 6.41 Å². The Labute approximate surface area is 80.3 Å². The third kappa shape index (κ3) is 8.92. The van der Waals surface area contributed by atoms with Gasteiger partial charge >= 0.3 is 51.4 Å². The molecular formula is C3H7KNO+. The Morgan fingerprint density at radius 3 is 1.67 bits per heavy atom. The van der Waals surface area contributed by atoms with E-state index in [9.17, 15) is 4.79 Å². The summed E-state index contributed by atoms with van der Waals surface area (Å²) in [6.07, 6.45) is 0.750. The summed E-state index contributed by atoms with van der Waals surface area (Å²) in [5.74, 6) is 0. The first kappa shape index (κ1) is 10.2. The maximum Gasteiger partial charge on any atom is 1.00 e. The molecule has 0 aliphatic rings. The molecule has 0 radical (unpaired) electrons. The summed E-state index contributed by atoms with van der Waals surface area (Å²) in [5, 5.41) is 0. The van der Waals surface area contributed by atoms with Crippen LogP contribution in [0, 0.1) is 0 Å². The van der Waals surface area contributed by atoms with Crippen molar-refractivity contribution in [3.8, 4) is 0 Å². The van der Waals surface area contributed by atoms with Crippen molar-refractivity contribution in [3.05, 3.63) is 0 Å². The van der Waals surface area contributed by atoms with E-state index >= 15 is 0 Å². The summed E-state index contributed by atoms with van der Waals surface area (Å²) in [7, 11) is 3.38. The summed E-state index contributed by atoms with van der Waals surface area (Å²) >= 11 is 0. The molecule has 0 saturated heterocycles. The molecule has 1 amide bonds. The second-order valence-corrected chi connectivity index (χ2v) is 1.07. The van der Waals surface area contributed by atoms with Crippen molar-refractivity contribution in [2.45, 2.75) is 0 Å². The van der Waals surface area contributed by atoms with Crippen molar-refractivity contribution >= 4 is 6.41 Å². The predicted octanol–water partition coefficient (Wildman–Crippen LogP) is -3.29. The van der Waals surface area contributed by atoms with Crippen LogP contribution < -0.4 is 51.4 Å². The van der Waals surface area contributed by atoms with Crippen molar-refractivity contribution in [2.24, 2.45) is 0 Å². The number of carbonyl (C=O) groups is 1. The van der Waals surface area contributed by atoms with Gasteiger partial charge in [-0.05, 0) is 0 Å². The van der Waals surface area contributed by atoms with Crippen LogP contribution in [0.1, 0.15) is 0 Å². The topological polar surface area (TPSA) is 20.3 Å². The average Bonchev–Trinajstić information content (AvgIpc) is 1.38. The average molecular weight is 112 g/mol. The van der Waals surface area contributed by atoms with Gasteiger partial charge in [-0.2, -0.15) is 0 Å². The molecule has 0 atom stereocenters. The van der Waals surface area contributed by atoms with Crippen LogP contribution in [-0.4, -0.2) is 25.4 Å². The minimum Gasteiger partial charge on any atom is -0.351 e. The van der Waals surface area contributed by atoms with Gasteiger partial charge < -0.3 is 4.90 Å². The minimum absolute atomic E-state index is 0. The Balaban J connectivity index is 0. The zero-order valence-corrected chi connectivity index (χ0v) is 7.56. The normalized spacial score (nSPS) is 5.67. The Bertz CT molecular complexity index is 37.8. The van der Waals surface area contributed by atoms with Gasteiger partial charge in [-0.3, -0.25) is 4.79 Å². The molecule has 0 aliphatic heterocycles. The number of hydrogen-bond donors (Lipinski definition) is 0. The molecule has 0 bridgehead atoms. The standard InChI is InChI=1S/C3H7NO.K/c1-4(2)3-5;/h3H,1-2H3;/q;+1. The number of amides is 1. The minimum atomic E-state index is 0. The molecule has 30 valence electrons. The zero-order chi connectivity index (χ0) is 4.28. The molecule has 0 heterocycles. The van der Waals surface area contributed by atoms with Crippen molar-refractivity contribution in [1.82, 2.24) is 4.90 Å². The first-order valence-electron chi connectivity index (χ1n) is 1.39. The largest absolute Gasteiger partial charge is 1.00 e. The second kappa shape index (κ2) is 6.11. The Hall–Kier alpha value is 1.11. The van der Waals surface area contributed by atoms with E-state index in [0.717, 1.165) is 6.41 Å². The molecule has 0 N–H and O–H groups in total. The fraction of sp³-hybridized carbons (Fsp3) is 0.667. The van der Waals surface area contributed by atoms with Crippen molar-refractivity contribution in [1.29, 1.82) is 0 Å². The van der Waals surface area contributed by atoms with Crippen LogP contribution in [0.3, 0.4) is 0 Å². The summed E-state index contributed by atoms with van der Waals surface area (Å²) in [4.78, 5) is 10.9. The van der Waals surface area contributed by atoms with E-state index in [0.29, 0.717) is 0 Å². The van der Waals surface area contributed by atoms with E-state index in [1.807, 2.05) is 0 Å². The van der Waals surface area contributed by atoms with Crippen molar-refractivity contribution in [3.63, 3.8) is 0 Å². The molecule has 6 heavy (non-hydrogen) atoms. The summed E-state index contributed by atoms with van der Waals surface area (Å²) in [6, 6.07) is 0. The predicted molar refractivity (Wildman–Crippen MR) is 19.8 cm³/mol. The first-order valence-corrected chi connectivity index (χ1v) is 1.39. The van der Waals surface area contributed by atoms with Gasteiger partial charge in [-0.25, -0.2) is 0 Å². The van der Waals surface area contributed by atoms with E-state index in [1.54, 1.807) is 14.1 Å². The summed E-state index contributed by atoms with van der Waals surface area (Å²) < 4.78 is 0.